The van der Waals surface area contributed by atoms with Crippen LogP contribution in [0.15, 0.2) is 0 Å². The fourth-order valence-electron chi connectivity index (χ4n) is 1.33. The zero-order valence-corrected chi connectivity index (χ0v) is 13.7. The maximum Gasteiger partial charge on any atom is 0.450 e. The summed E-state index contributed by atoms with van der Waals surface area (Å²) >= 11 is 0. The van der Waals surface area contributed by atoms with Crippen LogP contribution in [0.2, 0.25) is 0 Å². The fourth-order valence-corrected chi connectivity index (χ4v) is 1.33. The Labute approximate surface area is 147 Å². The first-order chi connectivity index (χ1) is 11.9. The Kier molecular flexibility index (Phi) is 7.36. The van der Waals surface area contributed by atoms with E-state index in [0.29, 0.717) is 0 Å². The van der Waals surface area contributed by atoms with Gasteiger partial charge < -0.3 is 9.47 Å². The molecule has 16 heteroatoms. The highest BCUT2D eigenvalue weighted by molar-refractivity contribution is 4.93. The summed E-state index contributed by atoms with van der Waals surface area (Å²) < 4.78 is 185. The van der Waals surface area contributed by atoms with Crippen LogP contribution in [0.25, 0.3) is 0 Å². The first-order valence-electron chi connectivity index (χ1n) is 6.80. The molecule has 0 aliphatic heterocycles. The Morgan fingerprint density at radius 2 is 1.00 bits per heavy atom. The standard InChI is InChI=1S/C12H12F14O2/c1-6(13,14)8(16,17)3-9(18,19)7(2,15)27-4-10(20,12(24,25)26)28-5-11(21,22)23/h3-5H2,1-2H3. The lowest BCUT2D eigenvalue weighted by atomic mass is 10.00. The fraction of sp³-hybridized carbons (Fsp3) is 1.00. The zero-order valence-electron chi connectivity index (χ0n) is 13.7. The molecule has 0 saturated heterocycles. The van der Waals surface area contributed by atoms with Crippen LogP contribution in [0, 0.1) is 0 Å². The minimum atomic E-state index is -6.36. The average Bonchev–Trinajstić information content (AvgIpc) is 2.38. The van der Waals surface area contributed by atoms with Crippen LogP contribution >= 0.6 is 0 Å². The van der Waals surface area contributed by atoms with E-state index in [9.17, 15) is 61.5 Å². The molecule has 0 fully saturated rings. The van der Waals surface area contributed by atoms with Gasteiger partial charge in [0.2, 0.25) is 0 Å². The molecule has 28 heavy (non-hydrogen) atoms. The van der Waals surface area contributed by atoms with Crippen molar-refractivity contribution in [3.8, 4) is 0 Å². The summed E-state index contributed by atoms with van der Waals surface area (Å²) in [6, 6.07) is 0. The molecule has 0 bridgehead atoms. The van der Waals surface area contributed by atoms with Gasteiger partial charge in [0.05, 0.1) is 6.42 Å². The van der Waals surface area contributed by atoms with E-state index in [1.807, 2.05) is 0 Å². The Balaban J connectivity index is 5.48. The Hall–Kier alpha value is -1.06. The minimum absolute atomic E-state index is 0.503. The highest BCUT2D eigenvalue weighted by atomic mass is 19.4. The normalized spacial score (nSPS) is 19.3. The summed E-state index contributed by atoms with van der Waals surface area (Å²) in [5.41, 5.74) is 0. The molecule has 0 radical (unpaired) electrons. The van der Waals surface area contributed by atoms with Crippen LogP contribution in [-0.2, 0) is 9.47 Å². The van der Waals surface area contributed by atoms with E-state index in [0.717, 1.165) is 0 Å². The van der Waals surface area contributed by atoms with E-state index in [4.69, 9.17) is 0 Å². The third-order valence-electron chi connectivity index (χ3n) is 3.16. The van der Waals surface area contributed by atoms with Crippen molar-refractivity contribution in [2.75, 3.05) is 13.2 Å². The van der Waals surface area contributed by atoms with Crippen LogP contribution in [0.4, 0.5) is 61.5 Å². The smallest absolute Gasteiger partial charge is 0.335 e. The molecule has 0 heterocycles. The maximum absolute atomic E-state index is 13.8. The summed E-state index contributed by atoms with van der Waals surface area (Å²) in [4.78, 5) is 0. The summed E-state index contributed by atoms with van der Waals surface area (Å²) in [6.45, 7) is -6.90. The number of alkyl halides is 14. The molecular formula is C12H12F14O2. The van der Waals surface area contributed by atoms with Crippen molar-refractivity contribution in [1.82, 2.24) is 0 Å². The van der Waals surface area contributed by atoms with Crippen LogP contribution < -0.4 is 0 Å². The van der Waals surface area contributed by atoms with E-state index in [1.54, 1.807) is 0 Å². The predicted octanol–water partition coefficient (Wildman–Crippen LogP) is 5.81. The van der Waals surface area contributed by atoms with Gasteiger partial charge >= 0.3 is 36.0 Å². The van der Waals surface area contributed by atoms with Gasteiger partial charge in [0, 0.05) is 13.8 Å². The molecule has 0 amide bonds. The van der Waals surface area contributed by atoms with E-state index in [-0.39, 0.29) is 0 Å². The lowest BCUT2D eigenvalue weighted by Crippen LogP contribution is -2.55. The summed E-state index contributed by atoms with van der Waals surface area (Å²) in [5, 5.41) is 0. The molecule has 0 N–H and O–H groups in total. The van der Waals surface area contributed by atoms with Crippen LogP contribution in [-0.4, -0.2) is 55.0 Å². The molecule has 170 valence electrons. The monoisotopic (exact) mass is 454 g/mol. The largest absolute Gasteiger partial charge is 0.450 e. The second kappa shape index (κ2) is 7.65. The second-order valence-electron chi connectivity index (χ2n) is 5.81. The third-order valence-corrected chi connectivity index (χ3v) is 3.16. The van der Waals surface area contributed by atoms with E-state index < -0.39 is 75.3 Å². The van der Waals surface area contributed by atoms with Crippen molar-refractivity contribution in [2.24, 2.45) is 0 Å². The first kappa shape index (κ1) is 26.9. The highest BCUT2D eigenvalue weighted by Crippen LogP contribution is 2.47. The first-order valence-corrected chi connectivity index (χ1v) is 6.80. The molecule has 0 rings (SSSR count). The molecule has 0 spiro atoms. The summed E-state index contributed by atoms with van der Waals surface area (Å²) in [5.74, 6) is -26.7. The number of rotatable bonds is 9. The van der Waals surface area contributed by atoms with Gasteiger partial charge in [0.1, 0.15) is 13.2 Å². The number of ether oxygens (including phenoxy) is 2. The third kappa shape index (κ3) is 6.77. The van der Waals surface area contributed by atoms with Gasteiger partial charge in [-0.1, -0.05) is 0 Å². The summed E-state index contributed by atoms with van der Waals surface area (Å²) in [7, 11) is 0. The molecule has 0 aromatic heterocycles. The van der Waals surface area contributed by atoms with Gasteiger partial charge in [0.25, 0.3) is 5.85 Å². The topological polar surface area (TPSA) is 18.5 Å². The van der Waals surface area contributed by atoms with Crippen molar-refractivity contribution < 1.29 is 70.9 Å². The van der Waals surface area contributed by atoms with Gasteiger partial charge in [-0.3, -0.25) is 0 Å². The molecule has 2 unspecified atom stereocenters. The number of hydrogen-bond donors (Lipinski definition) is 0. The molecule has 0 aliphatic rings. The molecule has 0 aromatic rings. The molecule has 2 nitrogen and oxygen atoms in total. The maximum atomic E-state index is 13.8. The van der Waals surface area contributed by atoms with E-state index in [2.05, 4.69) is 9.47 Å². The quantitative estimate of drug-likeness (QED) is 0.410. The number of hydrogen-bond acceptors (Lipinski definition) is 2. The molecule has 0 aliphatic carbocycles. The molecule has 0 saturated carbocycles. The Morgan fingerprint density at radius 1 is 0.571 bits per heavy atom. The van der Waals surface area contributed by atoms with Crippen molar-refractivity contribution >= 4 is 0 Å². The van der Waals surface area contributed by atoms with Gasteiger partial charge in [0.15, 0.2) is 0 Å². The van der Waals surface area contributed by atoms with Gasteiger partial charge in [-0.15, -0.1) is 0 Å². The summed E-state index contributed by atoms with van der Waals surface area (Å²) in [6.07, 6.45) is -15.2. The van der Waals surface area contributed by atoms with Gasteiger partial charge in [-0.2, -0.15) is 39.5 Å². The molecule has 0 aromatic carbocycles. The lowest BCUT2D eigenvalue weighted by Gasteiger charge is -2.36. The van der Waals surface area contributed by atoms with Crippen molar-refractivity contribution in [3.63, 3.8) is 0 Å². The predicted molar refractivity (Wildman–Crippen MR) is 62.5 cm³/mol. The van der Waals surface area contributed by atoms with E-state index >= 15 is 0 Å². The molecule has 2 atom stereocenters. The van der Waals surface area contributed by atoms with Crippen molar-refractivity contribution in [2.45, 2.75) is 62.1 Å². The number of halogens is 14. The Bertz CT molecular complexity index is 518. The second-order valence-corrected chi connectivity index (χ2v) is 5.81. The average molecular weight is 454 g/mol. The highest BCUT2D eigenvalue weighted by Gasteiger charge is 2.66. The van der Waals surface area contributed by atoms with Gasteiger partial charge in [-0.05, 0) is 0 Å². The molecular weight excluding hydrogens is 442 g/mol. The van der Waals surface area contributed by atoms with E-state index in [1.165, 1.54) is 0 Å². The van der Waals surface area contributed by atoms with Crippen molar-refractivity contribution in [3.05, 3.63) is 0 Å². The lowest BCUT2D eigenvalue weighted by molar-refractivity contribution is -0.386. The van der Waals surface area contributed by atoms with Gasteiger partial charge in [-0.25, -0.2) is 22.0 Å². The van der Waals surface area contributed by atoms with Crippen LogP contribution in [0.5, 0.6) is 0 Å². The Morgan fingerprint density at radius 3 is 1.32 bits per heavy atom. The van der Waals surface area contributed by atoms with Crippen LogP contribution in [0.1, 0.15) is 20.3 Å². The zero-order chi connectivity index (χ0) is 23.0. The SMILES string of the molecule is CC(F)(F)C(F)(F)CC(F)(F)C(C)(F)OCC(F)(OCC(F)(F)F)C(F)(F)F. The van der Waals surface area contributed by atoms with Crippen molar-refractivity contribution in [1.29, 1.82) is 0 Å². The van der Waals surface area contributed by atoms with Crippen LogP contribution in [0.3, 0.4) is 0 Å². The minimum Gasteiger partial charge on any atom is -0.335 e.